The summed E-state index contributed by atoms with van der Waals surface area (Å²) in [6.45, 7) is 9.46. The van der Waals surface area contributed by atoms with Crippen molar-refractivity contribution in [2.75, 3.05) is 0 Å². The smallest absolute Gasteiger partial charge is 0.398 e. The minimum atomic E-state index is -0.746. The van der Waals surface area contributed by atoms with Crippen LogP contribution in [0.5, 0.6) is 0 Å². The molecule has 106 valence electrons. The van der Waals surface area contributed by atoms with E-state index in [0.717, 1.165) is 0 Å². The van der Waals surface area contributed by atoms with Crippen LogP contribution in [0.3, 0.4) is 0 Å². The summed E-state index contributed by atoms with van der Waals surface area (Å²) < 4.78 is 11.9. The normalized spacial score (nSPS) is 21.6. The fraction of sp³-hybridized carbons (Fsp3) is 0.571. The summed E-state index contributed by atoms with van der Waals surface area (Å²) in [6.07, 6.45) is 0.719. The molecule has 20 heavy (non-hydrogen) atoms. The Hall–Kier alpha value is -1.42. The predicted octanol–water partition coefficient (Wildman–Crippen LogP) is 1.31. The second-order valence-electron chi connectivity index (χ2n) is 6.07. The van der Waals surface area contributed by atoms with E-state index in [4.69, 9.17) is 14.6 Å². The highest BCUT2D eigenvalue weighted by molar-refractivity contribution is 6.61. The van der Waals surface area contributed by atoms with Crippen molar-refractivity contribution in [3.8, 4) is 6.07 Å². The van der Waals surface area contributed by atoms with Crippen molar-refractivity contribution in [1.29, 1.82) is 5.26 Å². The molecule has 0 aromatic carbocycles. The SMILES string of the molecule is CC(O)c1cc(C#N)cnc1B1OC(C)(C)C(C)(C)O1. The van der Waals surface area contributed by atoms with Gasteiger partial charge >= 0.3 is 7.12 Å². The third kappa shape index (κ3) is 2.45. The zero-order valence-electron chi connectivity index (χ0n) is 12.5. The van der Waals surface area contributed by atoms with Gasteiger partial charge in [-0.1, -0.05) is 0 Å². The lowest BCUT2D eigenvalue weighted by Crippen LogP contribution is -2.41. The van der Waals surface area contributed by atoms with Crippen molar-refractivity contribution < 1.29 is 14.4 Å². The maximum absolute atomic E-state index is 9.88. The van der Waals surface area contributed by atoms with Crippen molar-refractivity contribution in [3.05, 3.63) is 23.4 Å². The molecular weight excluding hydrogens is 255 g/mol. The molecule has 1 N–H and O–H groups in total. The Labute approximate surface area is 119 Å². The molecule has 1 aliphatic rings. The van der Waals surface area contributed by atoms with Crippen LogP contribution in [0.15, 0.2) is 12.3 Å². The number of nitrogens with zero attached hydrogens (tertiary/aromatic N) is 2. The quantitative estimate of drug-likeness (QED) is 0.823. The van der Waals surface area contributed by atoms with Crippen molar-refractivity contribution in [3.63, 3.8) is 0 Å². The Morgan fingerprint density at radius 3 is 2.30 bits per heavy atom. The van der Waals surface area contributed by atoms with Gasteiger partial charge in [-0.3, -0.25) is 4.98 Å². The lowest BCUT2D eigenvalue weighted by molar-refractivity contribution is 0.00578. The van der Waals surface area contributed by atoms with Gasteiger partial charge in [0.25, 0.3) is 0 Å². The van der Waals surface area contributed by atoms with Gasteiger partial charge in [0.1, 0.15) is 6.07 Å². The average Bonchev–Trinajstić information content (AvgIpc) is 2.57. The fourth-order valence-corrected chi connectivity index (χ4v) is 2.04. The third-order valence-corrected chi connectivity index (χ3v) is 4.01. The zero-order valence-corrected chi connectivity index (χ0v) is 12.5. The van der Waals surface area contributed by atoms with E-state index in [1.54, 1.807) is 13.0 Å². The number of hydrogen-bond acceptors (Lipinski definition) is 5. The highest BCUT2D eigenvalue weighted by Gasteiger charge is 2.53. The molecule has 0 spiro atoms. The second-order valence-corrected chi connectivity index (χ2v) is 6.07. The monoisotopic (exact) mass is 274 g/mol. The van der Waals surface area contributed by atoms with E-state index < -0.39 is 24.4 Å². The Balaban J connectivity index is 2.43. The highest BCUT2D eigenvalue weighted by atomic mass is 16.7. The number of aliphatic hydroxyl groups is 1. The van der Waals surface area contributed by atoms with Gasteiger partial charge < -0.3 is 14.4 Å². The van der Waals surface area contributed by atoms with Crippen molar-refractivity contribution in [2.45, 2.75) is 51.9 Å². The molecular formula is C14H19BN2O3. The second kappa shape index (κ2) is 4.85. The average molecular weight is 274 g/mol. The molecule has 1 aromatic heterocycles. The van der Waals surface area contributed by atoms with Crippen molar-refractivity contribution in [2.24, 2.45) is 0 Å². The molecule has 2 rings (SSSR count). The Bertz CT molecular complexity index is 548. The van der Waals surface area contributed by atoms with Crippen LogP contribution in [0.2, 0.25) is 0 Å². The number of aromatic nitrogens is 1. The summed E-state index contributed by atoms with van der Waals surface area (Å²) in [4.78, 5) is 4.25. The van der Waals surface area contributed by atoms with E-state index in [9.17, 15) is 5.11 Å². The zero-order chi connectivity index (χ0) is 15.1. The summed E-state index contributed by atoms with van der Waals surface area (Å²) in [5, 5.41) is 18.8. The topological polar surface area (TPSA) is 75.4 Å². The van der Waals surface area contributed by atoms with Gasteiger partial charge in [0.2, 0.25) is 0 Å². The van der Waals surface area contributed by atoms with Gasteiger partial charge in [-0.2, -0.15) is 5.26 Å². The Morgan fingerprint density at radius 2 is 1.85 bits per heavy atom. The summed E-state index contributed by atoms with van der Waals surface area (Å²) in [6, 6.07) is 3.64. The fourth-order valence-electron chi connectivity index (χ4n) is 2.04. The molecule has 0 aliphatic carbocycles. The molecule has 0 amide bonds. The van der Waals surface area contributed by atoms with Gasteiger partial charge in [0.05, 0.1) is 28.5 Å². The largest absolute Gasteiger partial charge is 0.514 e. The molecule has 1 aromatic rings. The Kier molecular flexibility index (Phi) is 3.63. The first kappa shape index (κ1) is 15.0. The van der Waals surface area contributed by atoms with Gasteiger partial charge in [-0.15, -0.1) is 0 Å². The van der Waals surface area contributed by atoms with Crippen LogP contribution in [-0.4, -0.2) is 28.4 Å². The minimum absolute atomic E-state index is 0.404. The van der Waals surface area contributed by atoms with E-state index in [1.165, 1.54) is 6.20 Å². The van der Waals surface area contributed by atoms with Gasteiger partial charge in [0.15, 0.2) is 0 Å². The van der Waals surface area contributed by atoms with E-state index >= 15 is 0 Å². The maximum Gasteiger partial charge on any atom is 0.514 e. The van der Waals surface area contributed by atoms with Crippen LogP contribution < -0.4 is 5.59 Å². The van der Waals surface area contributed by atoms with Crippen molar-refractivity contribution >= 4 is 12.7 Å². The minimum Gasteiger partial charge on any atom is -0.398 e. The Morgan fingerprint density at radius 1 is 1.30 bits per heavy atom. The third-order valence-electron chi connectivity index (χ3n) is 4.01. The van der Waals surface area contributed by atoms with E-state index in [-0.39, 0.29) is 0 Å². The number of hydrogen-bond donors (Lipinski definition) is 1. The molecule has 1 saturated heterocycles. The van der Waals surface area contributed by atoms with Crippen LogP contribution in [0.4, 0.5) is 0 Å². The van der Waals surface area contributed by atoms with Crippen LogP contribution in [-0.2, 0) is 9.31 Å². The van der Waals surface area contributed by atoms with Crippen LogP contribution in [0.1, 0.15) is 51.8 Å². The number of rotatable bonds is 2. The van der Waals surface area contributed by atoms with Crippen LogP contribution in [0.25, 0.3) is 0 Å². The molecule has 1 fully saturated rings. The van der Waals surface area contributed by atoms with E-state index in [1.807, 2.05) is 33.8 Å². The maximum atomic E-state index is 9.88. The molecule has 0 saturated carbocycles. The standard InChI is InChI=1S/C14H19BN2O3/c1-9(18)11-6-10(7-16)8-17-12(11)15-19-13(2,3)14(4,5)20-15/h6,8-9,18H,1-5H3. The van der Waals surface area contributed by atoms with Crippen LogP contribution >= 0.6 is 0 Å². The first-order valence-corrected chi connectivity index (χ1v) is 6.61. The summed E-state index contributed by atoms with van der Waals surface area (Å²) in [5.41, 5.74) is 0.549. The molecule has 1 aliphatic heterocycles. The molecule has 1 atom stereocenters. The first-order valence-electron chi connectivity index (χ1n) is 6.61. The summed E-state index contributed by atoms with van der Waals surface area (Å²) in [5.74, 6) is 0. The highest BCUT2D eigenvalue weighted by Crippen LogP contribution is 2.36. The summed E-state index contributed by atoms with van der Waals surface area (Å²) in [7, 11) is -0.641. The molecule has 2 heterocycles. The first-order chi connectivity index (χ1) is 9.18. The van der Waals surface area contributed by atoms with Gasteiger partial charge in [-0.25, -0.2) is 0 Å². The number of nitriles is 1. The molecule has 5 nitrogen and oxygen atoms in total. The van der Waals surface area contributed by atoms with Gasteiger partial charge in [-0.05, 0) is 46.2 Å². The number of pyridine rings is 1. The molecule has 6 heteroatoms. The number of aliphatic hydroxyl groups excluding tert-OH is 1. The van der Waals surface area contributed by atoms with Crippen molar-refractivity contribution in [1.82, 2.24) is 4.98 Å². The molecule has 1 unspecified atom stereocenters. The van der Waals surface area contributed by atoms with Gasteiger partial charge in [0, 0.05) is 6.20 Å². The summed E-state index contributed by atoms with van der Waals surface area (Å²) >= 11 is 0. The molecule has 0 bridgehead atoms. The lowest BCUT2D eigenvalue weighted by Gasteiger charge is -2.32. The predicted molar refractivity (Wildman–Crippen MR) is 75.3 cm³/mol. The molecule has 0 radical (unpaired) electrons. The lowest BCUT2D eigenvalue weighted by atomic mass is 9.79. The van der Waals surface area contributed by atoms with E-state index in [2.05, 4.69) is 4.98 Å². The van der Waals surface area contributed by atoms with E-state index in [0.29, 0.717) is 16.7 Å². The van der Waals surface area contributed by atoms with Crippen LogP contribution in [0, 0.1) is 11.3 Å².